The average molecular weight is 721 g/mol. The minimum absolute atomic E-state index is 0.0439. The van der Waals surface area contributed by atoms with E-state index in [0.29, 0.717) is 12.8 Å². The van der Waals surface area contributed by atoms with Crippen molar-refractivity contribution in [3.8, 4) is 0 Å². The van der Waals surface area contributed by atoms with Gasteiger partial charge in [0.25, 0.3) is 5.91 Å². The molecule has 1 aliphatic heterocycles. The maximum absolute atomic E-state index is 14.3. The Morgan fingerprint density at radius 2 is 1.47 bits per heavy atom. The number of fused-ring (bicyclic) bond motifs is 2. The monoisotopic (exact) mass is 719 g/mol. The number of halogens is 2. The number of likely N-dealkylation sites (tertiary alicyclic amines) is 1. The Balaban J connectivity index is 1.29. The van der Waals surface area contributed by atoms with Crippen molar-refractivity contribution < 1.29 is 33.5 Å². The molecule has 14 heteroatoms. The lowest BCUT2D eigenvalue weighted by atomic mass is 9.85. The molecule has 3 aliphatic carbocycles. The number of nitrogens with zero attached hydrogens (tertiary/aromatic N) is 1. The predicted molar refractivity (Wildman–Crippen MR) is 182 cm³/mol. The molecule has 0 aromatic heterocycles. The van der Waals surface area contributed by atoms with E-state index in [0.717, 1.165) is 24.0 Å². The van der Waals surface area contributed by atoms with Gasteiger partial charge in [-0.05, 0) is 34.3 Å². The van der Waals surface area contributed by atoms with Crippen LogP contribution in [0.1, 0.15) is 71.9 Å². The Morgan fingerprint density at radius 1 is 0.918 bits per heavy atom. The van der Waals surface area contributed by atoms with E-state index in [1.165, 1.54) is 4.90 Å². The first kappa shape index (κ1) is 36.9. The van der Waals surface area contributed by atoms with E-state index in [2.05, 4.69) is 16.0 Å². The van der Waals surface area contributed by atoms with Gasteiger partial charge in [0.1, 0.15) is 28.6 Å². The van der Waals surface area contributed by atoms with Gasteiger partial charge in [-0.1, -0.05) is 78.6 Å². The molecule has 1 aromatic carbocycles. The highest BCUT2D eigenvalue weighted by molar-refractivity contribution is 6.51. The Kier molecular flexibility index (Phi) is 10.1. The number of carbonyl (C=O) groups is 6. The minimum Gasteiger partial charge on any atom is -0.460 e. The number of hydrogen-bond acceptors (Lipinski definition) is 7. The Bertz CT molecular complexity index is 1510. The van der Waals surface area contributed by atoms with Crippen LogP contribution >= 0.6 is 23.2 Å². The molecule has 3 fully saturated rings. The lowest BCUT2D eigenvalue weighted by Crippen LogP contribution is -2.63. The number of benzene rings is 1. The molecular weight excluding hydrogens is 673 g/mol. The van der Waals surface area contributed by atoms with E-state index in [1.54, 1.807) is 41.5 Å². The van der Waals surface area contributed by atoms with Gasteiger partial charge in [-0.15, -0.1) is 23.2 Å². The van der Waals surface area contributed by atoms with Gasteiger partial charge in [-0.3, -0.25) is 19.2 Å². The highest BCUT2D eigenvalue weighted by atomic mass is 35.5. The molecule has 49 heavy (non-hydrogen) atoms. The van der Waals surface area contributed by atoms with E-state index in [4.69, 9.17) is 33.7 Å². The molecule has 5 amide bonds. The summed E-state index contributed by atoms with van der Waals surface area (Å²) in [5, 5.41) is 8.14. The van der Waals surface area contributed by atoms with Crippen LogP contribution in [0.2, 0.25) is 0 Å². The van der Waals surface area contributed by atoms with Crippen LogP contribution < -0.4 is 21.7 Å². The van der Waals surface area contributed by atoms with Gasteiger partial charge in [0.05, 0.1) is 6.04 Å². The first-order valence-electron chi connectivity index (χ1n) is 16.9. The van der Waals surface area contributed by atoms with Crippen LogP contribution in [0.4, 0.5) is 4.79 Å². The standard InChI is InChI=1S/C35H47Cl2N5O7/c1-33(2,3)26(40-32(48)41-27(34(4,5)6)31(47)49-20-14-18-9-7-8-10-19(18)15-20)30(46)42-16-21-23(35(21,36)37)24(42)29(45)39-22(13-17-11-12-17)25(43)28(38)44/h7-10,17,20-24,26-27H,11-16H2,1-6H3,(H2,38,44)(H,39,45)(H2,40,41,48)/t21-,22?,23-,24-,26+,27-/m0/s1. The van der Waals surface area contributed by atoms with Crippen LogP contribution in [0.5, 0.6) is 0 Å². The van der Waals surface area contributed by atoms with E-state index in [1.807, 2.05) is 24.3 Å². The van der Waals surface area contributed by atoms with E-state index in [-0.39, 0.29) is 25.0 Å². The third-order valence-electron chi connectivity index (χ3n) is 10.1. The molecule has 5 N–H and O–H groups in total. The summed E-state index contributed by atoms with van der Waals surface area (Å²) in [4.78, 5) is 80.8. The van der Waals surface area contributed by atoms with Gasteiger partial charge in [0.15, 0.2) is 0 Å². The Hall–Kier alpha value is -3.38. The summed E-state index contributed by atoms with van der Waals surface area (Å²) in [5.41, 5.74) is 5.93. The number of ether oxygens (including phenoxy) is 1. The molecule has 0 bridgehead atoms. The van der Waals surface area contributed by atoms with Gasteiger partial charge < -0.3 is 31.3 Å². The zero-order valence-electron chi connectivity index (χ0n) is 28.8. The van der Waals surface area contributed by atoms with Crippen molar-refractivity contribution in [2.24, 2.45) is 34.3 Å². The fraction of sp³-hybridized carbons (Fsp3) is 0.657. The second-order valence-electron chi connectivity index (χ2n) is 16.2. The maximum Gasteiger partial charge on any atom is 0.329 e. The number of nitrogens with one attached hydrogen (secondary N) is 3. The van der Waals surface area contributed by atoms with Gasteiger partial charge in [-0.2, -0.15) is 0 Å². The van der Waals surface area contributed by atoms with Crippen molar-refractivity contribution in [2.75, 3.05) is 6.54 Å². The first-order valence-corrected chi connectivity index (χ1v) is 17.6. The van der Waals surface area contributed by atoms with Gasteiger partial charge in [0.2, 0.25) is 17.6 Å². The van der Waals surface area contributed by atoms with Crippen molar-refractivity contribution in [1.29, 1.82) is 0 Å². The third-order valence-corrected chi connectivity index (χ3v) is 11.2. The Labute approximate surface area is 296 Å². The highest BCUT2D eigenvalue weighted by Crippen LogP contribution is 2.65. The lowest BCUT2D eigenvalue weighted by Gasteiger charge is -2.38. The lowest BCUT2D eigenvalue weighted by molar-refractivity contribution is -0.153. The summed E-state index contributed by atoms with van der Waals surface area (Å²) >= 11 is 13.0. The maximum atomic E-state index is 14.3. The zero-order valence-corrected chi connectivity index (χ0v) is 30.3. The molecule has 5 rings (SSSR count). The van der Waals surface area contributed by atoms with Crippen LogP contribution in [-0.2, 0) is 41.6 Å². The molecule has 268 valence electrons. The van der Waals surface area contributed by atoms with Crippen molar-refractivity contribution in [3.05, 3.63) is 35.4 Å². The van der Waals surface area contributed by atoms with E-state index < -0.39 is 86.7 Å². The van der Waals surface area contributed by atoms with E-state index in [9.17, 15) is 28.8 Å². The van der Waals surface area contributed by atoms with Gasteiger partial charge in [-0.25, -0.2) is 9.59 Å². The number of ketones is 1. The molecular formula is C35H47Cl2N5O7. The smallest absolute Gasteiger partial charge is 0.329 e. The molecule has 2 saturated carbocycles. The fourth-order valence-corrected chi connectivity index (χ4v) is 7.89. The number of carbonyl (C=O) groups excluding carboxylic acids is 6. The van der Waals surface area contributed by atoms with Gasteiger partial charge >= 0.3 is 12.0 Å². The third kappa shape index (κ3) is 8.01. The SMILES string of the molecule is CC(C)(C)[C@H](NC(=O)N[C@@H](C(=O)OC1Cc2ccccc2C1)C(C)(C)C)C(=O)N1C[C@H]2[C@@H]([C@H]1C(=O)NC(CC1CC1)C(=O)C(N)=O)C2(Cl)Cl. The van der Waals surface area contributed by atoms with Crippen molar-refractivity contribution >= 4 is 58.7 Å². The zero-order chi connectivity index (χ0) is 36.2. The predicted octanol–water partition coefficient (Wildman–Crippen LogP) is 2.80. The Morgan fingerprint density at radius 3 is 1.98 bits per heavy atom. The second-order valence-corrected chi connectivity index (χ2v) is 17.6. The molecule has 1 saturated heterocycles. The summed E-state index contributed by atoms with van der Waals surface area (Å²) in [7, 11) is 0. The number of piperidine rings is 1. The average Bonchev–Trinajstić information content (AvgIpc) is 3.75. The molecule has 1 heterocycles. The number of nitrogens with two attached hydrogens (primary N) is 1. The summed E-state index contributed by atoms with van der Waals surface area (Å²) in [6.45, 7) is 10.7. The number of alkyl halides is 2. The second kappa shape index (κ2) is 13.4. The number of rotatable bonds is 11. The largest absolute Gasteiger partial charge is 0.460 e. The molecule has 6 atom stereocenters. The minimum atomic E-state index is -1.26. The normalized spacial score (nSPS) is 24.5. The van der Waals surface area contributed by atoms with E-state index >= 15 is 0 Å². The quantitative estimate of drug-likeness (QED) is 0.154. The number of esters is 1. The molecule has 12 nitrogen and oxygen atoms in total. The van der Waals surface area contributed by atoms with Crippen molar-refractivity contribution in [2.45, 2.75) is 108 Å². The van der Waals surface area contributed by atoms with Crippen LogP contribution in [-0.4, -0.2) is 81.6 Å². The number of primary amides is 1. The van der Waals surface area contributed by atoms with Crippen LogP contribution in [0.25, 0.3) is 0 Å². The van der Waals surface area contributed by atoms with Crippen molar-refractivity contribution in [1.82, 2.24) is 20.9 Å². The van der Waals surface area contributed by atoms with Crippen LogP contribution in [0.3, 0.4) is 0 Å². The number of amides is 5. The first-order chi connectivity index (χ1) is 22.7. The van der Waals surface area contributed by atoms with Gasteiger partial charge in [0, 0.05) is 31.2 Å². The summed E-state index contributed by atoms with van der Waals surface area (Å²) < 4.78 is 4.61. The van der Waals surface area contributed by atoms with Crippen molar-refractivity contribution in [3.63, 3.8) is 0 Å². The summed E-state index contributed by atoms with van der Waals surface area (Å²) in [6.07, 6.45) is 2.81. The number of hydrogen-bond donors (Lipinski definition) is 4. The summed E-state index contributed by atoms with van der Waals surface area (Å²) in [5.74, 6) is -4.75. The molecule has 0 radical (unpaired) electrons. The molecule has 4 aliphatic rings. The fourth-order valence-electron chi connectivity index (χ4n) is 7.06. The molecule has 1 unspecified atom stereocenters. The highest BCUT2D eigenvalue weighted by Gasteiger charge is 2.74. The number of urea groups is 1. The molecule has 0 spiro atoms. The summed E-state index contributed by atoms with van der Waals surface area (Å²) in [6, 6.07) is 2.66. The number of Topliss-reactive ketones (excluding diaryl/α,β-unsaturated/α-hetero) is 1. The topological polar surface area (TPSA) is 177 Å². The molecule has 1 aromatic rings. The van der Waals surface area contributed by atoms with Crippen LogP contribution in [0, 0.1) is 28.6 Å². The van der Waals surface area contributed by atoms with Crippen LogP contribution in [0.15, 0.2) is 24.3 Å².